The molecule has 4 atom stereocenters. The molecule has 33 heavy (non-hydrogen) atoms. The normalized spacial score (nSPS) is 22.7. The minimum atomic E-state index is -1.24. The number of non-ortho nitro benzene ring substituents is 1. The summed E-state index contributed by atoms with van der Waals surface area (Å²) in [4.78, 5) is 26.6. The number of hydrogen-bond acceptors (Lipinski definition) is 9. The number of nitrogens with one attached hydrogen (secondary N) is 1. The van der Waals surface area contributed by atoms with Crippen LogP contribution in [0.15, 0.2) is 54.9 Å². The molecule has 1 amide bonds. The van der Waals surface area contributed by atoms with Crippen molar-refractivity contribution in [2.24, 2.45) is 0 Å². The van der Waals surface area contributed by atoms with E-state index in [1.165, 1.54) is 18.5 Å². The largest absolute Gasteiger partial charge is 0.504 e. The number of rotatable bonds is 6. The summed E-state index contributed by atoms with van der Waals surface area (Å²) in [6.45, 7) is -0.0803. The molecule has 2 heterocycles. The van der Waals surface area contributed by atoms with Crippen molar-refractivity contribution >= 4 is 22.6 Å². The molecule has 1 aromatic heterocycles. The Bertz CT molecular complexity index is 1240. The average molecular weight is 456 g/mol. The summed E-state index contributed by atoms with van der Waals surface area (Å²) in [6, 6.07) is 8.84. The molecule has 172 valence electrons. The number of aromatic nitrogens is 2. The third kappa shape index (κ3) is 4.22. The molecular formula is C21H20N4O8. The number of carbonyl (C=O) groups is 1. The molecule has 0 aliphatic carbocycles. The zero-order valence-electron chi connectivity index (χ0n) is 17.0. The topological polar surface area (TPSA) is 180 Å². The standard InChI is InChI=1S/C21H20N4O8/c26-15-9-11(25(31)32)8-12(17(15)27)20(30)22-7-3-6-16-18(28)19(29)21(33-16)24-10-23-13-4-1-2-5-14(13)24/h1-6,8-10,16,18-19,21,26-29H,7H2,(H,22,30)/b6-3+/t16-,18-,19-,21-/m1/s1. The van der Waals surface area contributed by atoms with Crippen molar-refractivity contribution in [2.75, 3.05) is 6.54 Å². The second-order valence-electron chi connectivity index (χ2n) is 7.37. The van der Waals surface area contributed by atoms with Gasteiger partial charge in [0.15, 0.2) is 17.7 Å². The Hall–Kier alpha value is -4.00. The first-order valence-electron chi connectivity index (χ1n) is 9.86. The molecule has 0 spiro atoms. The van der Waals surface area contributed by atoms with E-state index in [0.29, 0.717) is 5.52 Å². The van der Waals surface area contributed by atoms with Gasteiger partial charge in [-0.1, -0.05) is 24.3 Å². The molecule has 1 aliphatic rings. The lowest BCUT2D eigenvalue weighted by atomic mass is 10.1. The van der Waals surface area contributed by atoms with E-state index in [2.05, 4.69) is 10.3 Å². The average Bonchev–Trinajstić information content (AvgIpc) is 3.34. The van der Waals surface area contributed by atoms with Gasteiger partial charge in [-0.3, -0.25) is 14.9 Å². The highest BCUT2D eigenvalue weighted by molar-refractivity contribution is 5.98. The molecule has 0 radical (unpaired) electrons. The van der Waals surface area contributed by atoms with E-state index in [-0.39, 0.29) is 6.54 Å². The van der Waals surface area contributed by atoms with Crippen molar-refractivity contribution in [2.45, 2.75) is 24.5 Å². The number of nitrogens with zero attached hydrogens (tertiary/aromatic N) is 3. The van der Waals surface area contributed by atoms with Crippen LogP contribution >= 0.6 is 0 Å². The van der Waals surface area contributed by atoms with Crippen LogP contribution in [-0.4, -0.2) is 65.7 Å². The molecule has 1 saturated heterocycles. The summed E-state index contributed by atoms with van der Waals surface area (Å²) in [5.41, 5.74) is 0.417. The number of phenolic OH excluding ortho intramolecular Hbond substituents is 2. The number of aromatic hydroxyl groups is 2. The van der Waals surface area contributed by atoms with E-state index >= 15 is 0 Å². The molecule has 4 rings (SSSR count). The summed E-state index contributed by atoms with van der Waals surface area (Å²) >= 11 is 0. The number of benzene rings is 2. The SMILES string of the molecule is O=C(NC/C=C/[C@H]1O[C@@H](n2cnc3ccccc32)[C@H](O)[C@@H]1O)c1cc([N+](=O)[O-])cc(O)c1O. The lowest BCUT2D eigenvalue weighted by Crippen LogP contribution is -2.31. The van der Waals surface area contributed by atoms with Gasteiger partial charge in [-0.05, 0) is 12.1 Å². The van der Waals surface area contributed by atoms with Gasteiger partial charge in [0, 0.05) is 12.6 Å². The quantitative estimate of drug-likeness (QED) is 0.156. The Kier molecular flexibility index (Phi) is 5.96. The Morgan fingerprint density at radius 2 is 2.00 bits per heavy atom. The van der Waals surface area contributed by atoms with Gasteiger partial charge in [0.05, 0.1) is 33.9 Å². The van der Waals surface area contributed by atoms with Crippen LogP contribution < -0.4 is 5.32 Å². The molecule has 12 heteroatoms. The fraction of sp³-hybridized carbons (Fsp3) is 0.238. The van der Waals surface area contributed by atoms with Crippen molar-refractivity contribution in [3.05, 3.63) is 70.6 Å². The number of aliphatic hydroxyl groups excluding tert-OH is 2. The van der Waals surface area contributed by atoms with Crippen molar-refractivity contribution in [3.63, 3.8) is 0 Å². The second kappa shape index (κ2) is 8.86. The zero-order valence-corrected chi connectivity index (χ0v) is 17.0. The second-order valence-corrected chi connectivity index (χ2v) is 7.37. The highest BCUT2D eigenvalue weighted by Crippen LogP contribution is 2.34. The van der Waals surface area contributed by atoms with Crippen LogP contribution in [0.3, 0.4) is 0 Å². The fourth-order valence-electron chi connectivity index (χ4n) is 3.59. The molecule has 0 unspecified atom stereocenters. The maximum absolute atomic E-state index is 12.3. The molecule has 5 N–H and O–H groups in total. The van der Waals surface area contributed by atoms with Gasteiger partial charge in [-0.25, -0.2) is 4.98 Å². The zero-order chi connectivity index (χ0) is 23.7. The number of imidazole rings is 1. The van der Waals surface area contributed by atoms with E-state index in [9.17, 15) is 35.3 Å². The minimum Gasteiger partial charge on any atom is -0.504 e. The maximum atomic E-state index is 12.3. The number of para-hydroxylation sites is 2. The third-order valence-electron chi connectivity index (χ3n) is 5.27. The van der Waals surface area contributed by atoms with E-state index in [0.717, 1.165) is 17.6 Å². The molecule has 1 fully saturated rings. The number of nitro groups is 1. The number of nitro benzene ring substituents is 1. The van der Waals surface area contributed by atoms with Gasteiger partial charge in [0.2, 0.25) is 0 Å². The molecule has 0 saturated carbocycles. The van der Waals surface area contributed by atoms with Crippen LogP contribution in [0.2, 0.25) is 0 Å². The first-order chi connectivity index (χ1) is 15.8. The van der Waals surface area contributed by atoms with Gasteiger partial charge in [-0.15, -0.1) is 0 Å². The predicted octanol–water partition coefficient (Wildman–Crippen LogP) is 0.961. The van der Waals surface area contributed by atoms with Crippen LogP contribution in [0, 0.1) is 10.1 Å². The first-order valence-corrected chi connectivity index (χ1v) is 9.86. The van der Waals surface area contributed by atoms with Crippen LogP contribution in [0.5, 0.6) is 11.5 Å². The minimum absolute atomic E-state index is 0.0803. The van der Waals surface area contributed by atoms with Gasteiger partial charge < -0.3 is 35.0 Å². The summed E-state index contributed by atoms with van der Waals surface area (Å²) in [5, 5.41) is 53.5. The van der Waals surface area contributed by atoms with Gasteiger partial charge in [0.1, 0.15) is 18.3 Å². The fourth-order valence-corrected chi connectivity index (χ4v) is 3.59. The van der Waals surface area contributed by atoms with Gasteiger partial charge in [0.25, 0.3) is 11.6 Å². The molecular weight excluding hydrogens is 436 g/mol. The number of hydrogen-bond donors (Lipinski definition) is 5. The van der Waals surface area contributed by atoms with Crippen molar-refractivity contribution in [1.82, 2.24) is 14.9 Å². The Balaban J connectivity index is 1.41. The lowest BCUT2D eigenvalue weighted by Gasteiger charge is -2.16. The van der Waals surface area contributed by atoms with Crippen molar-refractivity contribution in [3.8, 4) is 11.5 Å². The Morgan fingerprint density at radius 1 is 1.24 bits per heavy atom. The molecule has 1 aliphatic heterocycles. The number of ether oxygens (including phenoxy) is 1. The van der Waals surface area contributed by atoms with Crippen molar-refractivity contribution in [1.29, 1.82) is 0 Å². The predicted molar refractivity (Wildman–Crippen MR) is 114 cm³/mol. The Labute approximate surface area is 186 Å². The van der Waals surface area contributed by atoms with E-state index < -0.39 is 58.1 Å². The highest BCUT2D eigenvalue weighted by Gasteiger charge is 2.42. The van der Waals surface area contributed by atoms with Crippen LogP contribution in [0.25, 0.3) is 11.0 Å². The number of amides is 1. The van der Waals surface area contributed by atoms with E-state index in [1.54, 1.807) is 4.57 Å². The number of aliphatic hydroxyl groups is 2. The summed E-state index contributed by atoms with van der Waals surface area (Å²) in [6.07, 6.45) is 0.217. The molecule has 2 aromatic carbocycles. The van der Waals surface area contributed by atoms with E-state index in [1.807, 2.05) is 24.3 Å². The number of phenols is 2. The van der Waals surface area contributed by atoms with Crippen LogP contribution in [0.4, 0.5) is 5.69 Å². The summed E-state index contributed by atoms with van der Waals surface area (Å²) in [7, 11) is 0. The number of carbonyl (C=O) groups excluding carboxylic acids is 1. The van der Waals surface area contributed by atoms with E-state index in [4.69, 9.17) is 4.74 Å². The van der Waals surface area contributed by atoms with Crippen LogP contribution in [-0.2, 0) is 4.74 Å². The maximum Gasteiger partial charge on any atom is 0.274 e. The highest BCUT2D eigenvalue weighted by atomic mass is 16.6. The van der Waals surface area contributed by atoms with Crippen LogP contribution in [0.1, 0.15) is 16.6 Å². The third-order valence-corrected chi connectivity index (χ3v) is 5.27. The smallest absolute Gasteiger partial charge is 0.274 e. The molecule has 0 bridgehead atoms. The monoisotopic (exact) mass is 456 g/mol. The lowest BCUT2D eigenvalue weighted by molar-refractivity contribution is -0.385. The van der Waals surface area contributed by atoms with Crippen molar-refractivity contribution < 1.29 is 34.9 Å². The molecule has 12 nitrogen and oxygen atoms in total. The summed E-state index contributed by atoms with van der Waals surface area (Å²) < 4.78 is 7.40. The Morgan fingerprint density at radius 3 is 2.76 bits per heavy atom. The number of fused-ring (bicyclic) bond motifs is 1. The molecule has 3 aromatic rings. The van der Waals surface area contributed by atoms with Gasteiger partial charge >= 0.3 is 0 Å². The first kappa shape index (κ1) is 22.2. The summed E-state index contributed by atoms with van der Waals surface area (Å²) in [5.74, 6) is -2.43. The van der Waals surface area contributed by atoms with Gasteiger partial charge in [-0.2, -0.15) is 0 Å².